The molecule has 0 saturated carbocycles. The van der Waals surface area contributed by atoms with Crippen molar-refractivity contribution in [3.05, 3.63) is 48.3 Å². The Labute approximate surface area is 222 Å². The molecule has 0 N–H and O–H groups in total. The molecule has 4 heterocycles. The van der Waals surface area contributed by atoms with E-state index in [0.717, 1.165) is 93.1 Å². The molecule has 1 aromatic carbocycles. The molecule has 6 nitrogen and oxygen atoms in total. The van der Waals surface area contributed by atoms with Gasteiger partial charge in [0.1, 0.15) is 34.2 Å². The van der Waals surface area contributed by atoms with E-state index in [2.05, 4.69) is 33.5 Å². The van der Waals surface area contributed by atoms with Gasteiger partial charge in [0.05, 0.1) is 4.90 Å². The van der Waals surface area contributed by atoms with E-state index < -0.39 is 11.0 Å². The van der Waals surface area contributed by atoms with Crippen LogP contribution in [-0.4, -0.2) is 60.9 Å². The maximum absolute atomic E-state index is 13.5. The number of rotatable bonds is 9. The van der Waals surface area contributed by atoms with Crippen LogP contribution in [0.3, 0.4) is 0 Å². The van der Waals surface area contributed by atoms with Crippen LogP contribution in [0.5, 0.6) is 11.5 Å². The molecular weight excluding hydrogens is 490 g/mol. The van der Waals surface area contributed by atoms with Crippen LogP contribution >= 0.6 is 11.9 Å². The van der Waals surface area contributed by atoms with Gasteiger partial charge in [0.2, 0.25) is 0 Å². The molecular formula is C28H39N3O3S2. The molecule has 2 unspecified atom stereocenters. The monoisotopic (exact) mass is 529 g/mol. The number of aryl methyl sites for hydroxylation is 1. The Morgan fingerprint density at radius 3 is 2.75 bits per heavy atom. The molecule has 1 aromatic heterocycles. The first-order chi connectivity index (χ1) is 17.5. The van der Waals surface area contributed by atoms with Crippen LogP contribution in [-0.2, 0) is 17.4 Å². The molecule has 0 spiro atoms. The minimum Gasteiger partial charge on any atom is -0.490 e. The van der Waals surface area contributed by atoms with Crippen molar-refractivity contribution in [2.45, 2.75) is 87.9 Å². The summed E-state index contributed by atoms with van der Waals surface area (Å²) < 4.78 is 30.4. The molecule has 2 fully saturated rings. The maximum Gasteiger partial charge on any atom is 0.127 e. The molecule has 36 heavy (non-hydrogen) atoms. The van der Waals surface area contributed by atoms with Gasteiger partial charge in [-0.25, -0.2) is 8.51 Å². The lowest BCUT2D eigenvalue weighted by Gasteiger charge is -2.33. The summed E-state index contributed by atoms with van der Waals surface area (Å²) in [5.41, 5.74) is 1.08. The molecule has 2 saturated heterocycles. The van der Waals surface area contributed by atoms with Crippen molar-refractivity contribution < 1.29 is 13.7 Å². The molecule has 3 aliphatic heterocycles. The standard InChI is InChI=1S/C28H39N3O3S2/c1-28(2)14-9-22-21-26(7-8-27(22)34-28)36(32)31-17-3-5-23(31)6-4-20-35-30-18-12-25(13-19-30)33-24-10-15-29-16-11-24/h7-8,10-11,15-16,21,23,25H,3-6,9,12-14,17-20H2,1-2H3. The Kier molecular flexibility index (Phi) is 8.56. The summed E-state index contributed by atoms with van der Waals surface area (Å²) >= 11 is 1.97. The van der Waals surface area contributed by atoms with Crippen LogP contribution in [0.4, 0.5) is 0 Å². The zero-order valence-corrected chi connectivity index (χ0v) is 23.2. The lowest BCUT2D eigenvalue weighted by molar-refractivity contribution is 0.0845. The predicted molar refractivity (Wildman–Crippen MR) is 147 cm³/mol. The lowest BCUT2D eigenvalue weighted by atomic mass is 9.94. The van der Waals surface area contributed by atoms with Crippen molar-refractivity contribution in [2.75, 3.05) is 25.4 Å². The largest absolute Gasteiger partial charge is 0.490 e. The smallest absolute Gasteiger partial charge is 0.127 e. The van der Waals surface area contributed by atoms with Gasteiger partial charge in [-0.05, 0) is 101 Å². The molecule has 196 valence electrons. The van der Waals surface area contributed by atoms with Crippen molar-refractivity contribution in [1.29, 1.82) is 0 Å². The molecule has 0 radical (unpaired) electrons. The van der Waals surface area contributed by atoms with Crippen molar-refractivity contribution in [2.24, 2.45) is 0 Å². The number of benzene rings is 1. The van der Waals surface area contributed by atoms with Crippen LogP contribution in [0.1, 0.15) is 64.4 Å². The number of aromatic nitrogens is 1. The van der Waals surface area contributed by atoms with Gasteiger partial charge in [-0.15, -0.1) is 0 Å². The zero-order chi connectivity index (χ0) is 25.0. The van der Waals surface area contributed by atoms with Gasteiger partial charge in [-0.2, -0.15) is 0 Å². The highest BCUT2D eigenvalue weighted by Crippen LogP contribution is 2.35. The average molecular weight is 530 g/mol. The van der Waals surface area contributed by atoms with Gasteiger partial charge >= 0.3 is 0 Å². The minimum atomic E-state index is -1.09. The normalized spacial score (nSPS) is 23.7. The Balaban J connectivity index is 1.04. The van der Waals surface area contributed by atoms with E-state index in [-0.39, 0.29) is 5.60 Å². The van der Waals surface area contributed by atoms with E-state index in [1.54, 1.807) is 12.4 Å². The lowest BCUT2D eigenvalue weighted by Crippen LogP contribution is -2.35. The van der Waals surface area contributed by atoms with Crippen LogP contribution in [0, 0.1) is 0 Å². The second kappa shape index (κ2) is 11.8. The number of piperidine rings is 1. The third kappa shape index (κ3) is 6.63. The van der Waals surface area contributed by atoms with E-state index in [1.165, 1.54) is 5.56 Å². The van der Waals surface area contributed by atoms with Crippen molar-refractivity contribution in [3.8, 4) is 11.5 Å². The topological polar surface area (TPSA) is 54.9 Å². The van der Waals surface area contributed by atoms with Crippen molar-refractivity contribution in [1.82, 2.24) is 13.6 Å². The van der Waals surface area contributed by atoms with Crippen molar-refractivity contribution in [3.63, 3.8) is 0 Å². The van der Waals surface area contributed by atoms with Crippen molar-refractivity contribution >= 4 is 22.9 Å². The van der Waals surface area contributed by atoms with E-state index >= 15 is 0 Å². The number of pyridine rings is 1. The third-order valence-corrected chi connectivity index (χ3v) is 10.2. The number of nitrogens with zero attached hydrogens (tertiary/aromatic N) is 3. The molecule has 8 heteroatoms. The third-order valence-electron chi connectivity index (χ3n) is 7.46. The molecule has 3 aliphatic rings. The van der Waals surface area contributed by atoms with Crippen LogP contribution in [0.25, 0.3) is 0 Å². The molecule has 0 aliphatic carbocycles. The van der Waals surface area contributed by atoms with Gasteiger partial charge in [-0.3, -0.25) is 9.29 Å². The van der Waals surface area contributed by atoms with Crippen LogP contribution < -0.4 is 9.47 Å². The summed E-state index contributed by atoms with van der Waals surface area (Å²) in [5.74, 6) is 3.00. The van der Waals surface area contributed by atoms with E-state index in [0.29, 0.717) is 12.1 Å². The highest BCUT2D eigenvalue weighted by Gasteiger charge is 2.31. The van der Waals surface area contributed by atoms with Gasteiger partial charge in [-0.1, -0.05) is 11.9 Å². The predicted octanol–water partition coefficient (Wildman–Crippen LogP) is 5.64. The van der Waals surface area contributed by atoms with E-state index in [4.69, 9.17) is 9.47 Å². The Hall–Kier alpha value is -1.61. The fourth-order valence-electron chi connectivity index (χ4n) is 5.40. The molecule has 0 amide bonds. The molecule has 5 rings (SSSR count). The molecule has 2 atom stereocenters. The quantitative estimate of drug-likeness (QED) is 0.309. The highest BCUT2D eigenvalue weighted by atomic mass is 32.2. The summed E-state index contributed by atoms with van der Waals surface area (Å²) in [6, 6.07) is 10.4. The first-order valence-electron chi connectivity index (χ1n) is 13.4. The molecule has 2 aromatic rings. The Morgan fingerprint density at radius 1 is 1.14 bits per heavy atom. The first kappa shape index (κ1) is 26.0. The van der Waals surface area contributed by atoms with Gasteiger partial charge in [0.25, 0.3) is 0 Å². The van der Waals surface area contributed by atoms with E-state index in [1.807, 2.05) is 36.2 Å². The fraction of sp³-hybridized carbons (Fsp3) is 0.607. The number of hydrogen-bond acceptors (Lipinski definition) is 6. The zero-order valence-electron chi connectivity index (χ0n) is 21.6. The summed E-state index contributed by atoms with van der Waals surface area (Å²) in [6.07, 6.45) is 12.5. The van der Waals surface area contributed by atoms with Crippen LogP contribution in [0.15, 0.2) is 47.6 Å². The summed E-state index contributed by atoms with van der Waals surface area (Å²) in [7, 11) is -1.09. The number of fused-ring (bicyclic) bond motifs is 1. The van der Waals surface area contributed by atoms with E-state index in [9.17, 15) is 4.21 Å². The fourth-order valence-corrected chi connectivity index (χ4v) is 7.89. The SMILES string of the molecule is CC1(C)CCc2cc(S(=O)N3CCCC3CCCSN3CCC(Oc4ccncc4)CC3)ccc2O1. The Morgan fingerprint density at radius 2 is 1.94 bits per heavy atom. The number of ether oxygens (including phenoxy) is 2. The van der Waals surface area contributed by atoms with Gasteiger partial charge in [0, 0.05) is 43.8 Å². The highest BCUT2D eigenvalue weighted by molar-refractivity contribution is 7.97. The Bertz CT molecular complexity index is 1030. The average Bonchev–Trinajstić information content (AvgIpc) is 3.35. The maximum atomic E-state index is 13.5. The van der Waals surface area contributed by atoms with Gasteiger partial charge < -0.3 is 9.47 Å². The molecule has 0 bridgehead atoms. The first-order valence-corrected chi connectivity index (χ1v) is 15.5. The second-order valence-corrected chi connectivity index (χ2v) is 13.3. The minimum absolute atomic E-state index is 0.116. The summed E-state index contributed by atoms with van der Waals surface area (Å²) in [6.45, 7) is 7.33. The number of hydrogen-bond donors (Lipinski definition) is 0. The van der Waals surface area contributed by atoms with Crippen LogP contribution in [0.2, 0.25) is 0 Å². The summed E-state index contributed by atoms with van der Waals surface area (Å²) in [4.78, 5) is 4.98. The summed E-state index contributed by atoms with van der Waals surface area (Å²) in [5, 5.41) is 0. The second-order valence-electron chi connectivity index (χ2n) is 10.7. The van der Waals surface area contributed by atoms with Gasteiger partial charge in [0.15, 0.2) is 0 Å².